The van der Waals surface area contributed by atoms with Crippen molar-refractivity contribution in [1.82, 2.24) is 14.9 Å². The minimum absolute atomic E-state index is 0.997. The Morgan fingerprint density at radius 1 is 0.220 bits per heavy atom. The molecule has 3 nitrogen and oxygen atoms in total. The van der Waals surface area contributed by atoms with Gasteiger partial charge in [0, 0.05) is 43.9 Å². The molecule has 0 atom stereocenters. The van der Waals surface area contributed by atoms with E-state index in [-0.39, 0.29) is 0 Å². The van der Waals surface area contributed by atoms with Gasteiger partial charge in [0.25, 0.3) is 13.4 Å². The molecule has 672 valence electrons. The number of rotatable bonds is 42. The molecule has 0 saturated heterocycles. The first-order chi connectivity index (χ1) is 58.6. The second-order valence-electron chi connectivity index (χ2n) is 29.5. The molecule has 9 rings (SSSR count). The van der Waals surface area contributed by atoms with Crippen LogP contribution in [0.25, 0.3) is 22.5 Å². The zero-order chi connectivity index (χ0) is 91.1. The van der Waals surface area contributed by atoms with E-state index >= 15 is 0 Å². The molecule has 35 heteroatoms. The number of benzene rings is 8. The van der Waals surface area contributed by atoms with E-state index in [9.17, 15) is 132 Å². The van der Waals surface area contributed by atoms with Crippen molar-refractivity contribution < 1.29 is 132 Å². The molecule has 1 heterocycles. The molecule has 0 aliphatic heterocycles. The maximum Gasteiger partial charge on any atom is 0.265 e. The first kappa shape index (κ1) is 103. The fourth-order valence-corrected chi connectivity index (χ4v) is 14.0. The van der Waals surface area contributed by atoms with Crippen molar-refractivity contribution in [1.29, 1.82) is 0 Å². The number of unbranched alkanes of at least 4 members (excludes halogenated alkanes) is 30. The van der Waals surface area contributed by atoms with Gasteiger partial charge in [-0.2, -0.15) is 0 Å². The standard InChI is InChI=1S/C37H77N.2C18BF15.C15H12N2/c1-4-6-8-10-12-14-16-18-20-22-24-26-28-30-32-34-36-38(3)37-35-33-31-29-27-25-23-21-19-17-15-13-11-9-7-5-2;2*20-4-1(5(21)11(27)16(32)10(4)26)19(2-6(22)12(28)17(33)13(29)7(2)23)3-8(24)14(30)18(34)15(31)9(3)25;1-3-7-12(8-4-1)14-15(17-11-16-14)13-9-5-2-6-10-13/h4-37H2,1-3H3;;;1-11H,(H,16,17). The van der Waals surface area contributed by atoms with Crippen LogP contribution in [0.1, 0.15) is 219 Å². The third-order valence-corrected chi connectivity index (χ3v) is 20.7. The highest BCUT2D eigenvalue weighted by Gasteiger charge is 2.48. The Labute approximate surface area is 693 Å². The number of halogens is 30. The molecular weight excluding hydrogens is 1690 g/mol. The van der Waals surface area contributed by atoms with Crippen molar-refractivity contribution in [2.75, 3.05) is 20.1 Å². The summed E-state index contributed by atoms with van der Waals surface area (Å²) in [4.78, 5) is 10.2. The lowest BCUT2D eigenvalue weighted by molar-refractivity contribution is 0.314. The van der Waals surface area contributed by atoms with Gasteiger partial charge in [0.15, 0.2) is 175 Å². The molecule has 0 spiro atoms. The highest BCUT2D eigenvalue weighted by atomic mass is 19.2. The van der Waals surface area contributed by atoms with Gasteiger partial charge < -0.3 is 9.88 Å². The van der Waals surface area contributed by atoms with Crippen molar-refractivity contribution in [3.63, 3.8) is 0 Å². The maximum absolute atomic E-state index is 14.4. The van der Waals surface area contributed by atoms with Gasteiger partial charge in [-0.1, -0.05) is 267 Å². The minimum atomic E-state index is -3.96. The van der Waals surface area contributed by atoms with Crippen LogP contribution in [0.5, 0.6) is 0 Å². The van der Waals surface area contributed by atoms with Gasteiger partial charge in [0.05, 0.1) is 17.7 Å². The first-order valence-electron chi connectivity index (χ1n) is 40.5. The number of aromatic nitrogens is 2. The topological polar surface area (TPSA) is 31.9 Å². The predicted molar refractivity (Wildman–Crippen MR) is 413 cm³/mol. The second kappa shape index (κ2) is 50.8. The fourth-order valence-electron chi connectivity index (χ4n) is 14.0. The summed E-state index contributed by atoms with van der Waals surface area (Å²) in [6, 6.07) is 20.5. The van der Waals surface area contributed by atoms with Crippen LogP contribution in [0.15, 0.2) is 67.0 Å². The molecule has 0 bridgehead atoms. The summed E-state index contributed by atoms with van der Waals surface area (Å²) in [5, 5.41) is 0. The van der Waals surface area contributed by atoms with Crippen LogP contribution in [0.3, 0.4) is 0 Å². The molecule has 0 unspecified atom stereocenters. The quantitative estimate of drug-likeness (QED) is 0.0136. The van der Waals surface area contributed by atoms with E-state index < -0.39 is 221 Å². The Balaban J connectivity index is 0.000000260. The number of H-pyrrole nitrogens is 1. The molecule has 0 aliphatic rings. The Hall–Kier alpha value is -9.04. The van der Waals surface area contributed by atoms with Gasteiger partial charge in [-0.25, -0.2) is 137 Å². The highest BCUT2D eigenvalue weighted by molar-refractivity contribution is 6.96. The Kier molecular flexibility index (Phi) is 42.4. The van der Waals surface area contributed by atoms with E-state index in [1.807, 2.05) is 36.4 Å². The molecule has 0 radical (unpaired) electrons. The van der Waals surface area contributed by atoms with E-state index in [2.05, 4.69) is 60.0 Å². The average Bonchev–Trinajstić information content (AvgIpc) is 0.917. The zero-order valence-corrected chi connectivity index (χ0v) is 67.3. The molecule has 0 aliphatic carbocycles. The van der Waals surface area contributed by atoms with Crippen molar-refractivity contribution in [3.8, 4) is 22.5 Å². The van der Waals surface area contributed by atoms with Gasteiger partial charge >= 0.3 is 0 Å². The number of hydrogen-bond donors (Lipinski definition) is 1. The number of aromatic amines is 1. The maximum atomic E-state index is 14.4. The van der Waals surface area contributed by atoms with Crippen molar-refractivity contribution in [3.05, 3.63) is 242 Å². The summed E-state index contributed by atoms with van der Waals surface area (Å²) >= 11 is 0. The lowest BCUT2D eigenvalue weighted by atomic mass is 9.36. The van der Waals surface area contributed by atoms with E-state index in [0.717, 1.165) is 22.5 Å². The summed E-state index contributed by atoms with van der Waals surface area (Å²) in [6.07, 6.45) is 48.6. The number of nitrogens with one attached hydrogen (secondary N) is 1. The van der Waals surface area contributed by atoms with Crippen molar-refractivity contribution in [2.45, 2.75) is 219 Å². The molecule has 0 fully saturated rings. The van der Waals surface area contributed by atoms with E-state index in [1.165, 1.54) is 219 Å². The van der Waals surface area contributed by atoms with Gasteiger partial charge in [0.1, 0.15) is 0 Å². The predicted octanol–water partition coefficient (Wildman–Crippen LogP) is 25.8. The summed E-state index contributed by atoms with van der Waals surface area (Å²) in [5.74, 6) is -90.4. The molecule has 1 N–H and O–H groups in total. The van der Waals surface area contributed by atoms with E-state index in [4.69, 9.17) is 0 Å². The summed E-state index contributed by atoms with van der Waals surface area (Å²) in [6.45, 7) is -0.671. The van der Waals surface area contributed by atoms with Crippen LogP contribution in [0.2, 0.25) is 0 Å². The number of hydrogen-bond acceptors (Lipinski definition) is 2. The van der Waals surface area contributed by atoms with Crippen LogP contribution in [-0.2, 0) is 0 Å². The van der Waals surface area contributed by atoms with Crippen LogP contribution in [-0.4, -0.2) is 48.4 Å². The van der Waals surface area contributed by atoms with Gasteiger partial charge in [-0.3, -0.25) is 0 Å². The van der Waals surface area contributed by atoms with Gasteiger partial charge in [-0.05, 0) is 33.0 Å². The summed E-state index contributed by atoms with van der Waals surface area (Å²) < 4.78 is 417. The largest absolute Gasteiger partial charge is 0.344 e. The van der Waals surface area contributed by atoms with Gasteiger partial charge in [-0.15, -0.1) is 0 Å². The lowest BCUT2D eigenvalue weighted by Crippen LogP contribution is -2.60. The van der Waals surface area contributed by atoms with Crippen LogP contribution in [0.4, 0.5) is 132 Å². The molecule has 9 aromatic rings. The molecular formula is C88H89B2F30N3. The molecule has 8 aromatic carbocycles. The Morgan fingerprint density at radius 3 is 0.569 bits per heavy atom. The smallest absolute Gasteiger partial charge is 0.265 e. The SMILES string of the molecule is CCCCCCCCCCCCCCCCCCN(C)CCCCCCCCCCCCCCCCCC.Fc1c(F)c(F)c(B(c2c(F)c(F)c(F)c(F)c2F)c2c(F)c(F)c(F)c(F)c2F)c(F)c1F.Fc1c(F)c(F)c(B(c2c(F)c(F)c(F)c(F)c2F)c2c(F)c(F)c(F)c(F)c2F)c(F)c1F.c1ccc(-c2nc[nH]c2-c2ccccc2)cc1. The Morgan fingerprint density at radius 2 is 0.382 bits per heavy atom. The first-order valence-corrected chi connectivity index (χ1v) is 40.5. The van der Waals surface area contributed by atoms with Crippen LogP contribution >= 0.6 is 0 Å². The third-order valence-electron chi connectivity index (χ3n) is 20.7. The molecule has 1 aromatic heterocycles. The van der Waals surface area contributed by atoms with E-state index in [1.54, 1.807) is 6.33 Å². The van der Waals surface area contributed by atoms with Crippen LogP contribution in [0, 0.1) is 175 Å². The lowest BCUT2D eigenvalue weighted by Gasteiger charge is -2.21. The van der Waals surface area contributed by atoms with Crippen molar-refractivity contribution >= 4 is 46.2 Å². The summed E-state index contributed by atoms with van der Waals surface area (Å²) in [7, 11) is 2.34. The highest BCUT2D eigenvalue weighted by Crippen LogP contribution is 2.31. The second-order valence-corrected chi connectivity index (χ2v) is 29.5. The Bertz CT molecular complexity index is 4100. The van der Waals surface area contributed by atoms with Crippen LogP contribution < -0.4 is 32.8 Å². The van der Waals surface area contributed by atoms with E-state index in [0.29, 0.717) is 0 Å². The molecule has 0 amide bonds. The monoisotopic (exact) mass is 1780 g/mol. The van der Waals surface area contributed by atoms with Crippen molar-refractivity contribution in [2.24, 2.45) is 0 Å². The normalized spacial score (nSPS) is 11.3. The summed E-state index contributed by atoms with van der Waals surface area (Å²) in [5.41, 5.74) is -11.7. The third kappa shape index (κ3) is 26.5. The molecule has 123 heavy (non-hydrogen) atoms. The minimum Gasteiger partial charge on any atom is -0.344 e. The average molecular weight is 1780 g/mol. The number of imidazole rings is 1. The molecule has 0 saturated carbocycles. The fraction of sp³-hybridized carbons (Fsp3) is 0.420. The number of nitrogens with zero attached hydrogens (tertiary/aromatic N) is 2. The van der Waals surface area contributed by atoms with Gasteiger partial charge in [0.2, 0.25) is 0 Å². The zero-order valence-electron chi connectivity index (χ0n) is 67.3.